The third-order valence-corrected chi connectivity index (χ3v) is 4.85. The summed E-state index contributed by atoms with van der Waals surface area (Å²) >= 11 is 0. The molecule has 0 amide bonds. The number of H-pyrrole nitrogens is 1. The number of rotatable bonds is 4. The Labute approximate surface area is 173 Å². The highest BCUT2D eigenvalue weighted by atomic mass is 16.5. The molecule has 6 heteroatoms. The maximum absolute atomic E-state index is 11.8. The number of carbonyl (C=O) groups excluding carboxylic acids is 1. The molecule has 0 aliphatic carbocycles. The van der Waals surface area contributed by atoms with Crippen LogP contribution in [0.5, 0.6) is 0 Å². The average molecular weight is 397 g/mol. The van der Waals surface area contributed by atoms with Crippen LogP contribution in [0.2, 0.25) is 0 Å². The molecule has 2 aromatic carbocycles. The van der Waals surface area contributed by atoms with Crippen LogP contribution in [0.15, 0.2) is 52.9 Å². The molecule has 2 heterocycles. The number of nitrogens with zero attached hydrogens (tertiary/aromatic N) is 2. The highest BCUT2D eigenvalue weighted by Crippen LogP contribution is 2.29. The van der Waals surface area contributed by atoms with Crippen molar-refractivity contribution in [1.29, 1.82) is 5.26 Å². The lowest BCUT2D eigenvalue weighted by Gasteiger charge is -2.05. The number of allylic oxidation sites excluding steroid dienone is 1. The first kappa shape index (κ1) is 19.2. The number of benzene rings is 2. The summed E-state index contributed by atoms with van der Waals surface area (Å²) in [7, 11) is 1.35. The molecule has 0 radical (unpaired) electrons. The van der Waals surface area contributed by atoms with Gasteiger partial charge in [0.1, 0.15) is 23.4 Å². The Morgan fingerprint density at radius 3 is 2.77 bits per heavy atom. The zero-order valence-electron chi connectivity index (χ0n) is 16.8. The summed E-state index contributed by atoms with van der Waals surface area (Å²) in [6, 6.07) is 17.0. The lowest BCUT2D eigenvalue weighted by atomic mass is 10.0. The van der Waals surface area contributed by atoms with Gasteiger partial charge in [-0.05, 0) is 61.4 Å². The number of esters is 1. The summed E-state index contributed by atoms with van der Waals surface area (Å²) in [4.78, 5) is 19.5. The Bertz CT molecular complexity index is 1340. The van der Waals surface area contributed by atoms with Crippen molar-refractivity contribution in [2.45, 2.75) is 13.8 Å². The van der Waals surface area contributed by atoms with Gasteiger partial charge in [-0.2, -0.15) is 5.26 Å². The minimum atomic E-state index is -0.408. The van der Waals surface area contributed by atoms with Gasteiger partial charge in [0.15, 0.2) is 0 Å². The maximum Gasteiger partial charge on any atom is 0.337 e. The Balaban J connectivity index is 1.70. The van der Waals surface area contributed by atoms with Crippen molar-refractivity contribution in [3.63, 3.8) is 0 Å². The SMILES string of the molecule is COC(=O)c1ccc(C)c(-c2ccc(C=C(C#N)c3nc4ccc(C)cc4[nH]3)o2)c1. The molecule has 0 unspecified atom stereocenters. The molecule has 148 valence electrons. The molecular formula is C24H19N3O3. The molecule has 1 N–H and O–H groups in total. The normalized spacial score (nSPS) is 11.5. The summed E-state index contributed by atoms with van der Waals surface area (Å²) in [5.41, 5.74) is 5.34. The number of ether oxygens (including phenoxy) is 1. The molecule has 0 fully saturated rings. The van der Waals surface area contributed by atoms with Gasteiger partial charge in [0.25, 0.3) is 0 Å². The third kappa shape index (κ3) is 3.61. The lowest BCUT2D eigenvalue weighted by molar-refractivity contribution is 0.0601. The minimum Gasteiger partial charge on any atom is -0.465 e. The van der Waals surface area contributed by atoms with E-state index in [9.17, 15) is 10.1 Å². The van der Waals surface area contributed by atoms with E-state index < -0.39 is 5.97 Å². The van der Waals surface area contributed by atoms with Crippen LogP contribution < -0.4 is 0 Å². The summed E-state index contributed by atoms with van der Waals surface area (Å²) in [6.07, 6.45) is 1.65. The Kier molecular flexibility index (Phi) is 4.95. The van der Waals surface area contributed by atoms with E-state index in [0.717, 1.165) is 27.7 Å². The van der Waals surface area contributed by atoms with Crippen LogP contribution in [-0.2, 0) is 4.74 Å². The van der Waals surface area contributed by atoms with Crippen LogP contribution in [-0.4, -0.2) is 23.0 Å². The highest BCUT2D eigenvalue weighted by molar-refractivity contribution is 5.92. The van der Waals surface area contributed by atoms with Gasteiger partial charge in [0.05, 0.1) is 29.3 Å². The number of aromatic amines is 1. The molecular weight excluding hydrogens is 378 g/mol. The molecule has 4 rings (SSSR count). The van der Waals surface area contributed by atoms with E-state index >= 15 is 0 Å². The molecule has 0 aliphatic rings. The largest absolute Gasteiger partial charge is 0.465 e. The van der Waals surface area contributed by atoms with Gasteiger partial charge < -0.3 is 14.1 Å². The number of nitrogens with one attached hydrogen (secondary N) is 1. The van der Waals surface area contributed by atoms with Crippen LogP contribution in [0, 0.1) is 25.2 Å². The van der Waals surface area contributed by atoms with E-state index in [0.29, 0.717) is 28.5 Å². The van der Waals surface area contributed by atoms with Crippen LogP contribution >= 0.6 is 0 Å². The molecule has 6 nitrogen and oxygen atoms in total. The van der Waals surface area contributed by atoms with E-state index in [2.05, 4.69) is 16.0 Å². The standard InChI is InChI=1S/C24H19N3O3/c1-14-4-8-20-21(10-14)27-23(26-20)17(13-25)11-18-7-9-22(30-18)19-12-16(24(28)29-3)6-5-15(19)2/h4-12H,1-3H3,(H,26,27). The van der Waals surface area contributed by atoms with Gasteiger partial charge in [-0.3, -0.25) is 0 Å². The molecule has 0 saturated carbocycles. The van der Waals surface area contributed by atoms with Crippen molar-refractivity contribution in [1.82, 2.24) is 9.97 Å². The number of aromatic nitrogens is 2. The summed E-state index contributed by atoms with van der Waals surface area (Å²) < 4.78 is 10.7. The van der Waals surface area contributed by atoms with Gasteiger partial charge >= 0.3 is 5.97 Å². The van der Waals surface area contributed by atoms with Crippen LogP contribution in [0.4, 0.5) is 0 Å². The number of imidazole rings is 1. The molecule has 2 aromatic heterocycles. The van der Waals surface area contributed by atoms with E-state index in [1.165, 1.54) is 7.11 Å². The number of furan rings is 1. The van der Waals surface area contributed by atoms with Crippen molar-refractivity contribution in [3.05, 3.63) is 76.8 Å². The van der Waals surface area contributed by atoms with E-state index in [1.807, 2.05) is 44.2 Å². The number of hydrogen-bond donors (Lipinski definition) is 1. The van der Waals surface area contributed by atoms with Crippen molar-refractivity contribution < 1.29 is 13.9 Å². The first-order chi connectivity index (χ1) is 14.5. The summed E-state index contributed by atoms with van der Waals surface area (Å²) in [5, 5.41) is 9.64. The van der Waals surface area contributed by atoms with E-state index in [1.54, 1.807) is 24.3 Å². The average Bonchev–Trinajstić information content (AvgIpc) is 3.38. The molecule has 0 saturated heterocycles. The second-order valence-electron chi connectivity index (χ2n) is 7.00. The first-order valence-corrected chi connectivity index (χ1v) is 9.36. The maximum atomic E-state index is 11.8. The Morgan fingerprint density at radius 2 is 2.00 bits per heavy atom. The number of carbonyl (C=O) groups is 1. The molecule has 4 aromatic rings. The van der Waals surface area contributed by atoms with Gasteiger partial charge in [-0.15, -0.1) is 0 Å². The van der Waals surface area contributed by atoms with Gasteiger partial charge in [-0.25, -0.2) is 9.78 Å². The minimum absolute atomic E-state index is 0.366. The van der Waals surface area contributed by atoms with Crippen molar-refractivity contribution in [2.75, 3.05) is 7.11 Å². The zero-order chi connectivity index (χ0) is 21.3. The van der Waals surface area contributed by atoms with Gasteiger partial charge in [0.2, 0.25) is 0 Å². The van der Waals surface area contributed by atoms with E-state index in [-0.39, 0.29) is 0 Å². The summed E-state index contributed by atoms with van der Waals surface area (Å²) in [5.74, 6) is 1.19. The fourth-order valence-electron chi connectivity index (χ4n) is 3.25. The van der Waals surface area contributed by atoms with Gasteiger partial charge in [0, 0.05) is 11.6 Å². The smallest absolute Gasteiger partial charge is 0.337 e. The quantitative estimate of drug-likeness (QED) is 0.373. The van der Waals surface area contributed by atoms with Crippen LogP contribution in [0.25, 0.3) is 34.0 Å². The van der Waals surface area contributed by atoms with Crippen molar-refractivity contribution in [2.24, 2.45) is 0 Å². The Hall–Kier alpha value is -4.11. The predicted octanol–water partition coefficient (Wildman–Crippen LogP) is 5.29. The van der Waals surface area contributed by atoms with Crippen LogP contribution in [0.1, 0.15) is 33.1 Å². The lowest BCUT2D eigenvalue weighted by Crippen LogP contribution is -2.01. The fourth-order valence-corrected chi connectivity index (χ4v) is 3.25. The summed E-state index contributed by atoms with van der Waals surface area (Å²) in [6.45, 7) is 3.94. The topological polar surface area (TPSA) is 91.9 Å². The molecule has 0 aliphatic heterocycles. The molecule has 0 atom stereocenters. The molecule has 30 heavy (non-hydrogen) atoms. The van der Waals surface area contributed by atoms with E-state index in [4.69, 9.17) is 9.15 Å². The Morgan fingerprint density at radius 1 is 1.17 bits per heavy atom. The monoisotopic (exact) mass is 397 g/mol. The zero-order valence-corrected chi connectivity index (χ0v) is 16.8. The number of hydrogen-bond acceptors (Lipinski definition) is 5. The second-order valence-corrected chi connectivity index (χ2v) is 7.00. The van der Waals surface area contributed by atoms with Crippen molar-refractivity contribution in [3.8, 4) is 17.4 Å². The molecule has 0 bridgehead atoms. The molecule has 0 spiro atoms. The number of methoxy groups -OCH3 is 1. The van der Waals surface area contributed by atoms with Crippen LogP contribution in [0.3, 0.4) is 0 Å². The number of nitriles is 1. The van der Waals surface area contributed by atoms with Gasteiger partial charge in [-0.1, -0.05) is 12.1 Å². The predicted molar refractivity (Wildman–Crippen MR) is 115 cm³/mol. The number of aryl methyl sites for hydroxylation is 2. The number of fused-ring (bicyclic) bond motifs is 1. The highest BCUT2D eigenvalue weighted by Gasteiger charge is 2.13. The third-order valence-electron chi connectivity index (χ3n) is 4.85. The van der Waals surface area contributed by atoms with Crippen molar-refractivity contribution >= 4 is 28.7 Å². The second kappa shape index (κ2) is 7.72. The first-order valence-electron chi connectivity index (χ1n) is 9.36. The fraction of sp³-hybridized carbons (Fsp3) is 0.125.